The quantitative estimate of drug-likeness (QED) is 0.181. The van der Waals surface area contributed by atoms with Crippen LogP contribution in [0.1, 0.15) is 111 Å². The van der Waals surface area contributed by atoms with Gasteiger partial charge in [0.2, 0.25) is 0 Å². The lowest BCUT2D eigenvalue weighted by molar-refractivity contribution is -0.139. The molecule has 0 saturated heterocycles. The maximum Gasteiger partial charge on any atom is 0.407 e. The fourth-order valence-electron chi connectivity index (χ4n) is 10.4. The number of nitrogens with one attached hydrogen (secondary N) is 1. The first kappa shape index (κ1) is 30.9. The molecule has 0 heterocycles. The first-order valence-corrected chi connectivity index (χ1v) is 17.8. The summed E-state index contributed by atoms with van der Waals surface area (Å²) in [7, 11) is 4.06. The Labute approximate surface area is 248 Å². The minimum Gasteiger partial charge on any atom is -0.446 e. The first-order chi connectivity index (χ1) is 18.1. The van der Waals surface area contributed by atoms with Gasteiger partial charge in [0.05, 0.1) is 0 Å². The van der Waals surface area contributed by atoms with E-state index in [1.54, 1.807) is 0 Å². The highest BCUT2D eigenvalue weighted by Crippen LogP contribution is 2.69. The van der Waals surface area contributed by atoms with Gasteiger partial charge in [-0.05, 0) is 137 Å². The average Bonchev–Trinajstić information content (AvgIpc) is 3.25. The smallest absolute Gasteiger partial charge is 0.407 e. The minimum atomic E-state index is -0.210. The Bertz CT molecular complexity index is 776. The van der Waals surface area contributed by atoms with Gasteiger partial charge in [0, 0.05) is 17.5 Å². The third-order valence-electron chi connectivity index (χ3n) is 12.5. The molecule has 4 aliphatic rings. The number of fused-ring (bicyclic) bond motifs is 5. The zero-order chi connectivity index (χ0) is 27.5. The van der Waals surface area contributed by atoms with E-state index < -0.39 is 0 Å². The van der Waals surface area contributed by atoms with Gasteiger partial charge in [-0.2, -0.15) is 0 Å². The second-order valence-corrected chi connectivity index (χ2v) is 15.5. The second-order valence-electron chi connectivity index (χ2n) is 14.7. The van der Waals surface area contributed by atoms with Crippen molar-refractivity contribution in [2.75, 3.05) is 31.6 Å². The van der Waals surface area contributed by atoms with Gasteiger partial charge in [0.15, 0.2) is 0 Å². The van der Waals surface area contributed by atoms with Crippen LogP contribution in [-0.4, -0.2) is 48.7 Å². The van der Waals surface area contributed by atoms with Crippen LogP contribution in [0.25, 0.3) is 0 Å². The molecule has 0 aliphatic heterocycles. The number of alkyl carbamates (subject to hydrolysis) is 1. The Kier molecular flexibility index (Phi) is 10.8. The lowest BCUT2D eigenvalue weighted by atomic mass is 9.43. The lowest BCUT2D eigenvalue weighted by Crippen LogP contribution is -2.55. The van der Waals surface area contributed by atoms with Gasteiger partial charge in [-0.3, -0.25) is 0 Å². The number of rotatable bonds is 11. The fourth-order valence-corrected chi connectivity index (χ4v) is 10.9. The number of carbonyl (C=O) groups is 1. The summed E-state index contributed by atoms with van der Waals surface area (Å²) < 4.78 is 7.26. The third kappa shape index (κ3) is 6.39. The Balaban J connectivity index is 1.36. The standard InChI is InChI=1S/C33H59IN2O2/c1-7-33-18-15-26(38-31(37)35-19-20-36(5)6)21-25(33)11-12-27-29-14-13-28(32(29,4)17-16-30(27)33)24(3)10-8-9-23(2)22-34/h23-30H,7-22H2,1-6H3,(H,35,37)/t23?,24-,25?,26?,27+,28?,29+,30+,32?,33+/m1/s1. The molecule has 0 spiro atoms. The van der Waals surface area contributed by atoms with Crippen LogP contribution in [0.2, 0.25) is 0 Å². The topological polar surface area (TPSA) is 41.6 Å². The summed E-state index contributed by atoms with van der Waals surface area (Å²) in [5.41, 5.74) is 1.06. The van der Waals surface area contributed by atoms with Gasteiger partial charge in [-0.15, -0.1) is 0 Å². The van der Waals surface area contributed by atoms with Crippen molar-refractivity contribution in [3.63, 3.8) is 0 Å². The van der Waals surface area contributed by atoms with Crippen molar-refractivity contribution in [1.29, 1.82) is 0 Å². The van der Waals surface area contributed by atoms with Crippen LogP contribution in [0.15, 0.2) is 0 Å². The van der Waals surface area contributed by atoms with Crippen LogP contribution in [0, 0.1) is 52.3 Å². The molecule has 220 valence electrons. The van der Waals surface area contributed by atoms with Crippen LogP contribution in [0.4, 0.5) is 4.79 Å². The summed E-state index contributed by atoms with van der Waals surface area (Å²) in [4.78, 5) is 14.5. The molecule has 0 radical (unpaired) electrons. The van der Waals surface area contributed by atoms with Crippen LogP contribution in [0.3, 0.4) is 0 Å². The van der Waals surface area contributed by atoms with E-state index in [1.165, 1.54) is 75.1 Å². The van der Waals surface area contributed by atoms with E-state index in [-0.39, 0.29) is 12.2 Å². The maximum atomic E-state index is 12.4. The largest absolute Gasteiger partial charge is 0.446 e. The van der Waals surface area contributed by atoms with Crippen LogP contribution < -0.4 is 5.32 Å². The average molecular weight is 643 g/mol. The van der Waals surface area contributed by atoms with E-state index in [9.17, 15) is 4.79 Å². The molecule has 4 fully saturated rings. The molecule has 5 unspecified atom stereocenters. The van der Waals surface area contributed by atoms with Crippen molar-refractivity contribution in [3.05, 3.63) is 0 Å². The number of ether oxygens (including phenoxy) is 1. The van der Waals surface area contributed by atoms with Crippen molar-refractivity contribution in [2.24, 2.45) is 52.3 Å². The molecule has 38 heavy (non-hydrogen) atoms. The summed E-state index contributed by atoms with van der Waals surface area (Å²) in [6.07, 6.45) is 17.6. The fraction of sp³-hybridized carbons (Fsp3) is 0.970. The molecule has 1 amide bonds. The molecule has 0 aromatic heterocycles. The minimum absolute atomic E-state index is 0.107. The number of carbonyl (C=O) groups excluding carboxylic acids is 1. The summed E-state index contributed by atoms with van der Waals surface area (Å²) in [5, 5.41) is 2.96. The van der Waals surface area contributed by atoms with E-state index in [4.69, 9.17) is 4.74 Å². The molecule has 0 aromatic rings. The summed E-state index contributed by atoms with van der Waals surface area (Å²) >= 11 is 2.56. The van der Waals surface area contributed by atoms with E-state index in [1.807, 2.05) is 14.1 Å². The summed E-state index contributed by atoms with van der Waals surface area (Å²) in [5.74, 6) is 6.23. The molecule has 0 bridgehead atoms. The number of likely N-dealkylation sites (N-methyl/N-ethyl adjacent to an activating group) is 1. The molecule has 4 aliphatic carbocycles. The van der Waals surface area contributed by atoms with Crippen LogP contribution in [-0.2, 0) is 4.74 Å². The molecular weight excluding hydrogens is 583 g/mol. The number of hydrogen-bond acceptors (Lipinski definition) is 3. The Morgan fingerprint density at radius 2 is 1.84 bits per heavy atom. The maximum absolute atomic E-state index is 12.4. The van der Waals surface area contributed by atoms with Crippen molar-refractivity contribution in [1.82, 2.24) is 10.2 Å². The zero-order valence-corrected chi connectivity index (χ0v) is 27.7. The molecule has 5 heteroatoms. The monoisotopic (exact) mass is 642 g/mol. The van der Waals surface area contributed by atoms with Gasteiger partial charge in [-0.1, -0.05) is 63.1 Å². The molecule has 4 nitrogen and oxygen atoms in total. The van der Waals surface area contributed by atoms with Crippen LogP contribution in [0.5, 0.6) is 0 Å². The molecule has 4 saturated carbocycles. The Morgan fingerprint density at radius 1 is 1.05 bits per heavy atom. The highest BCUT2D eigenvalue weighted by molar-refractivity contribution is 14.1. The van der Waals surface area contributed by atoms with Gasteiger partial charge >= 0.3 is 6.09 Å². The molecule has 10 atom stereocenters. The number of alkyl halides is 1. The third-order valence-corrected chi connectivity index (χ3v) is 14.0. The van der Waals surface area contributed by atoms with E-state index >= 15 is 0 Å². The highest BCUT2D eigenvalue weighted by Gasteiger charge is 2.61. The van der Waals surface area contributed by atoms with Gasteiger partial charge in [-0.25, -0.2) is 4.79 Å². The first-order valence-electron chi connectivity index (χ1n) is 16.3. The second kappa shape index (κ2) is 13.3. The van der Waals surface area contributed by atoms with E-state index in [2.05, 4.69) is 60.5 Å². The van der Waals surface area contributed by atoms with Gasteiger partial charge < -0.3 is 15.0 Å². The lowest BCUT2D eigenvalue weighted by Gasteiger charge is -2.62. The number of hydrogen-bond donors (Lipinski definition) is 1. The van der Waals surface area contributed by atoms with E-state index in [0.717, 1.165) is 60.8 Å². The predicted octanol–water partition coefficient (Wildman–Crippen LogP) is 8.57. The number of nitrogens with zero attached hydrogens (tertiary/aromatic N) is 1. The zero-order valence-electron chi connectivity index (χ0n) is 25.6. The Morgan fingerprint density at radius 3 is 2.55 bits per heavy atom. The summed E-state index contributed by atoms with van der Waals surface area (Å²) in [6.45, 7) is 11.7. The summed E-state index contributed by atoms with van der Waals surface area (Å²) in [6, 6.07) is 0. The van der Waals surface area contributed by atoms with Gasteiger partial charge in [0.1, 0.15) is 6.10 Å². The van der Waals surface area contributed by atoms with Crippen molar-refractivity contribution >= 4 is 28.7 Å². The van der Waals surface area contributed by atoms with Crippen molar-refractivity contribution < 1.29 is 9.53 Å². The van der Waals surface area contributed by atoms with Gasteiger partial charge in [0.25, 0.3) is 0 Å². The number of halogens is 1. The van der Waals surface area contributed by atoms with E-state index in [0.29, 0.717) is 17.4 Å². The normalized spacial score (nSPS) is 40.1. The van der Waals surface area contributed by atoms with Crippen molar-refractivity contribution in [2.45, 2.75) is 117 Å². The molecule has 4 rings (SSSR count). The predicted molar refractivity (Wildman–Crippen MR) is 168 cm³/mol. The molecular formula is C33H59IN2O2. The number of amides is 1. The highest BCUT2D eigenvalue weighted by atomic mass is 127. The Hall–Kier alpha value is -0.0400. The molecule has 1 N–H and O–H groups in total. The molecule has 0 aromatic carbocycles. The SMILES string of the molecule is CC[C@]12CCC(OC(=O)NCCN(C)C)CC1CC[C@H]1[C@@H]3CCC([C@H](C)CCCC(C)CI)C3(C)CC[C@@H]12. The van der Waals surface area contributed by atoms with Crippen molar-refractivity contribution in [3.8, 4) is 0 Å². The van der Waals surface area contributed by atoms with Crippen LogP contribution >= 0.6 is 22.6 Å².